The number of nitrogens with one attached hydrogen (secondary N) is 1. The summed E-state index contributed by atoms with van der Waals surface area (Å²) in [7, 11) is 0. The van der Waals surface area contributed by atoms with Gasteiger partial charge < -0.3 is 5.32 Å². The molecule has 1 fully saturated rings. The van der Waals surface area contributed by atoms with Crippen LogP contribution in [0.1, 0.15) is 32.6 Å². The van der Waals surface area contributed by atoms with Gasteiger partial charge in [-0.25, -0.2) is 0 Å². The molecule has 0 amide bonds. The zero-order valence-electron chi connectivity index (χ0n) is 10.6. The Kier molecular flexibility index (Phi) is 11.6. The maximum Gasteiger partial charge on any atom is 0.404 e. The first-order valence-corrected chi connectivity index (χ1v) is 6.07. The number of hydrogen-bond acceptors (Lipinski definition) is 2. The minimum atomic E-state index is -4.08. The van der Waals surface area contributed by atoms with Crippen molar-refractivity contribution in [3.05, 3.63) is 0 Å². The third kappa shape index (κ3) is 7.02. The van der Waals surface area contributed by atoms with Crippen molar-refractivity contribution in [1.82, 2.24) is 10.2 Å². The van der Waals surface area contributed by atoms with Crippen LogP contribution in [0.3, 0.4) is 0 Å². The van der Waals surface area contributed by atoms with Crippen LogP contribution < -0.4 is 5.32 Å². The van der Waals surface area contributed by atoms with E-state index in [2.05, 4.69) is 5.32 Å². The van der Waals surface area contributed by atoms with Crippen LogP contribution in [0.4, 0.5) is 13.2 Å². The Labute approximate surface area is 119 Å². The van der Waals surface area contributed by atoms with Crippen LogP contribution in [0.25, 0.3) is 0 Å². The summed E-state index contributed by atoms with van der Waals surface area (Å²) in [5.74, 6) is 0. The summed E-state index contributed by atoms with van der Waals surface area (Å²) in [4.78, 5) is 1.58. The molecule has 0 spiro atoms. The van der Waals surface area contributed by atoms with Crippen LogP contribution in [-0.4, -0.2) is 43.3 Å². The van der Waals surface area contributed by atoms with Crippen molar-refractivity contribution in [3.63, 3.8) is 0 Å². The van der Waals surface area contributed by atoms with E-state index in [1.165, 1.54) is 0 Å². The lowest BCUT2D eigenvalue weighted by atomic mass is 10.1. The number of unbranched alkanes of at least 4 members (excludes halogenated alkanes) is 2. The van der Waals surface area contributed by atoms with Crippen LogP contribution in [0.15, 0.2) is 0 Å². The summed E-state index contributed by atoms with van der Waals surface area (Å²) >= 11 is 0. The van der Waals surface area contributed by atoms with Crippen molar-refractivity contribution < 1.29 is 13.2 Å². The molecule has 1 aliphatic heterocycles. The summed E-state index contributed by atoms with van der Waals surface area (Å²) < 4.78 is 38.6. The maximum absolute atomic E-state index is 12.9. The second-order valence-electron chi connectivity index (χ2n) is 4.34. The zero-order valence-corrected chi connectivity index (χ0v) is 12.3. The zero-order chi connectivity index (χ0) is 12.0. The van der Waals surface area contributed by atoms with Crippen LogP contribution in [0.2, 0.25) is 0 Å². The second-order valence-corrected chi connectivity index (χ2v) is 4.34. The lowest BCUT2D eigenvalue weighted by Crippen LogP contribution is -2.53. The van der Waals surface area contributed by atoms with E-state index in [1.54, 1.807) is 4.90 Å². The SMILES string of the molecule is CCCCC[C@@H](N1CCNCC1)C(F)(F)F.Cl.Cl. The predicted octanol–water partition coefficient (Wildman–Crippen LogP) is 3.25. The first kappa shape index (κ1) is 20.6. The fourth-order valence-corrected chi connectivity index (χ4v) is 2.13. The van der Waals surface area contributed by atoms with E-state index in [1.807, 2.05) is 6.92 Å². The third-order valence-corrected chi connectivity index (χ3v) is 3.05. The minimum Gasteiger partial charge on any atom is -0.314 e. The van der Waals surface area contributed by atoms with Crippen molar-refractivity contribution in [1.29, 1.82) is 0 Å². The topological polar surface area (TPSA) is 15.3 Å². The van der Waals surface area contributed by atoms with Gasteiger partial charge in [0.15, 0.2) is 0 Å². The summed E-state index contributed by atoms with van der Waals surface area (Å²) in [6.45, 7) is 4.36. The highest BCUT2D eigenvalue weighted by molar-refractivity contribution is 5.85. The monoisotopic (exact) mass is 310 g/mol. The molecule has 0 bridgehead atoms. The Hall–Kier alpha value is 0.290. The highest BCUT2D eigenvalue weighted by atomic mass is 35.5. The number of halogens is 5. The fraction of sp³-hybridized carbons (Fsp3) is 1.00. The predicted molar refractivity (Wildman–Crippen MR) is 72.9 cm³/mol. The number of rotatable bonds is 5. The molecule has 1 N–H and O–H groups in total. The van der Waals surface area contributed by atoms with Crippen LogP contribution in [-0.2, 0) is 0 Å². The van der Waals surface area contributed by atoms with Crippen molar-refractivity contribution in [2.75, 3.05) is 26.2 Å². The van der Waals surface area contributed by atoms with Crippen molar-refractivity contribution >= 4 is 24.8 Å². The smallest absolute Gasteiger partial charge is 0.314 e. The summed E-state index contributed by atoms with van der Waals surface area (Å²) in [5, 5.41) is 3.08. The molecular formula is C11H23Cl2F3N2. The molecule has 0 aromatic carbocycles. The lowest BCUT2D eigenvalue weighted by molar-refractivity contribution is -0.187. The van der Waals surface area contributed by atoms with Gasteiger partial charge in [-0.15, -0.1) is 24.8 Å². The number of piperazine rings is 1. The second kappa shape index (κ2) is 10.1. The van der Waals surface area contributed by atoms with Gasteiger partial charge in [-0.05, 0) is 6.42 Å². The van der Waals surface area contributed by atoms with Crippen LogP contribution in [0.5, 0.6) is 0 Å². The van der Waals surface area contributed by atoms with E-state index in [9.17, 15) is 13.2 Å². The largest absolute Gasteiger partial charge is 0.404 e. The van der Waals surface area contributed by atoms with Gasteiger partial charge in [0.2, 0.25) is 0 Å². The van der Waals surface area contributed by atoms with Gasteiger partial charge in [0.05, 0.1) is 0 Å². The molecule has 0 unspecified atom stereocenters. The van der Waals surface area contributed by atoms with Gasteiger partial charge in [0.25, 0.3) is 0 Å². The molecule has 0 saturated carbocycles. The molecule has 1 rings (SSSR count). The first-order chi connectivity index (χ1) is 7.55. The van der Waals surface area contributed by atoms with Crippen molar-refractivity contribution in [3.8, 4) is 0 Å². The van der Waals surface area contributed by atoms with Crippen LogP contribution >= 0.6 is 24.8 Å². The molecule has 1 atom stereocenters. The Balaban J connectivity index is 0. The standard InChI is InChI=1S/C11H21F3N2.2ClH/c1-2-3-4-5-10(11(12,13)14)16-8-6-15-7-9-16;;/h10,15H,2-9H2,1H3;2*1H/t10-;;/m1../s1. The highest BCUT2D eigenvalue weighted by Crippen LogP contribution is 2.29. The summed E-state index contributed by atoms with van der Waals surface area (Å²) in [6, 6.07) is -1.24. The van der Waals surface area contributed by atoms with Gasteiger partial charge in [0, 0.05) is 26.2 Å². The molecule has 0 aromatic heterocycles. The molecular weight excluding hydrogens is 288 g/mol. The van der Waals surface area contributed by atoms with Gasteiger partial charge in [-0.2, -0.15) is 13.2 Å². The third-order valence-electron chi connectivity index (χ3n) is 3.05. The van der Waals surface area contributed by atoms with Crippen LogP contribution in [0, 0.1) is 0 Å². The molecule has 1 saturated heterocycles. The van der Waals surface area contributed by atoms with E-state index in [0.29, 0.717) is 32.6 Å². The highest BCUT2D eigenvalue weighted by Gasteiger charge is 2.42. The van der Waals surface area contributed by atoms with E-state index < -0.39 is 12.2 Å². The van der Waals surface area contributed by atoms with E-state index >= 15 is 0 Å². The van der Waals surface area contributed by atoms with Crippen molar-refractivity contribution in [2.24, 2.45) is 0 Å². The molecule has 0 aliphatic carbocycles. The number of hydrogen-bond donors (Lipinski definition) is 1. The minimum absolute atomic E-state index is 0. The fourth-order valence-electron chi connectivity index (χ4n) is 2.13. The van der Waals surface area contributed by atoms with Gasteiger partial charge in [-0.1, -0.05) is 26.2 Å². The molecule has 18 heavy (non-hydrogen) atoms. The average molecular weight is 311 g/mol. The molecule has 1 heterocycles. The quantitative estimate of drug-likeness (QED) is 0.784. The van der Waals surface area contributed by atoms with Gasteiger partial charge in [0.1, 0.15) is 6.04 Å². The first-order valence-electron chi connectivity index (χ1n) is 6.07. The molecule has 112 valence electrons. The van der Waals surface area contributed by atoms with Gasteiger partial charge in [-0.3, -0.25) is 4.90 Å². The molecule has 2 nitrogen and oxygen atoms in total. The molecule has 1 aliphatic rings. The normalized spacial score (nSPS) is 18.7. The Morgan fingerprint density at radius 3 is 2.11 bits per heavy atom. The molecule has 0 radical (unpaired) electrons. The average Bonchev–Trinajstić information content (AvgIpc) is 2.24. The van der Waals surface area contributed by atoms with E-state index in [4.69, 9.17) is 0 Å². The summed E-state index contributed by atoms with van der Waals surface area (Å²) in [5.41, 5.74) is 0. The van der Waals surface area contributed by atoms with E-state index in [0.717, 1.165) is 12.8 Å². The molecule has 7 heteroatoms. The molecule has 0 aromatic rings. The Morgan fingerprint density at radius 1 is 1.11 bits per heavy atom. The Bertz CT molecular complexity index is 197. The van der Waals surface area contributed by atoms with Gasteiger partial charge >= 0.3 is 6.18 Å². The van der Waals surface area contributed by atoms with Crippen molar-refractivity contribution in [2.45, 2.75) is 44.8 Å². The lowest BCUT2D eigenvalue weighted by Gasteiger charge is -2.36. The number of alkyl halides is 3. The van der Waals surface area contributed by atoms with E-state index in [-0.39, 0.29) is 31.2 Å². The maximum atomic E-state index is 12.9. The number of nitrogens with zero attached hydrogens (tertiary/aromatic N) is 1. The Morgan fingerprint density at radius 2 is 1.67 bits per heavy atom. The summed E-state index contributed by atoms with van der Waals surface area (Å²) in [6.07, 6.45) is -1.31.